The number of hydrogen-bond acceptors (Lipinski definition) is 3. The average Bonchev–Trinajstić information content (AvgIpc) is 2.43. The number of amides is 2. The monoisotopic (exact) mass is 254 g/mol. The summed E-state index contributed by atoms with van der Waals surface area (Å²) in [6.45, 7) is 9.72. The van der Waals surface area contributed by atoms with Gasteiger partial charge in [0.05, 0.1) is 17.6 Å². The van der Waals surface area contributed by atoms with Crippen LogP contribution in [0, 0.1) is 0 Å². The lowest BCUT2D eigenvalue weighted by Gasteiger charge is -2.33. The molecule has 0 N–H and O–H groups in total. The summed E-state index contributed by atoms with van der Waals surface area (Å²) in [7, 11) is 1.50. The summed E-state index contributed by atoms with van der Waals surface area (Å²) >= 11 is 0. The SMILES string of the molecule is CN1CCCN(CB2OC(C)(C)C(C)(C)O2)C1=O. The van der Waals surface area contributed by atoms with Crippen LogP contribution in [0.1, 0.15) is 34.1 Å². The van der Waals surface area contributed by atoms with E-state index in [0.29, 0.717) is 6.44 Å². The van der Waals surface area contributed by atoms with Crippen molar-refractivity contribution in [1.82, 2.24) is 9.80 Å². The van der Waals surface area contributed by atoms with Crippen LogP contribution in [0.15, 0.2) is 0 Å². The molecular formula is C12H23BN2O3. The van der Waals surface area contributed by atoms with Gasteiger partial charge in [-0.25, -0.2) is 4.79 Å². The van der Waals surface area contributed by atoms with Crippen molar-refractivity contribution in [2.75, 3.05) is 26.6 Å². The molecule has 0 aliphatic carbocycles. The number of hydrogen-bond donors (Lipinski definition) is 0. The van der Waals surface area contributed by atoms with Gasteiger partial charge in [0.25, 0.3) is 0 Å². The third-order valence-corrected chi connectivity index (χ3v) is 4.19. The molecule has 0 aromatic heterocycles. The van der Waals surface area contributed by atoms with Crippen LogP contribution < -0.4 is 0 Å². The van der Waals surface area contributed by atoms with Crippen molar-refractivity contribution >= 4 is 13.1 Å². The first-order valence-corrected chi connectivity index (χ1v) is 6.59. The quantitative estimate of drug-likeness (QED) is 0.699. The van der Waals surface area contributed by atoms with Gasteiger partial charge in [-0.2, -0.15) is 0 Å². The van der Waals surface area contributed by atoms with E-state index in [1.165, 1.54) is 0 Å². The molecule has 0 aromatic carbocycles. The van der Waals surface area contributed by atoms with Gasteiger partial charge < -0.3 is 19.1 Å². The average molecular weight is 254 g/mol. The Hall–Kier alpha value is -0.745. The van der Waals surface area contributed by atoms with Gasteiger partial charge in [0.1, 0.15) is 0 Å². The van der Waals surface area contributed by atoms with Crippen LogP contribution in [-0.2, 0) is 9.31 Å². The van der Waals surface area contributed by atoms with Crippen molar-refractivity contribution in [2.24, 2.45) is 0 Å². The van der Waals surface area contributed by atoms with E-state index in [9.17, 15) is 4.79 Å². The van der Waals surface area contributed by atoms with Gasteiger partial charge in [-0.05, 0) is 34.1 Å². The first kappa shape index (κ1) is 13.7. The maximum atomic E-state index is 12.0. The van der Waals surface area contributed by atoms with Crippen molar-refractivity contribution in [2.45, 2.75) is 45.3 Å². The molecule has 0 radical (unpaired) electrons. The highest BCUT2D eigenvalue weighted by Crippen LogP contribution is 2.36. The Morgan fingerprint density at radius 1 is 1.17 bits per heavy atom. The smallest absolute Gasteiger partial charge is 0.402 e. The van der Waals surface area contributed by atoms with E-state index in [0.717, 1.165) is 19.5 Å². The largest absolute Gasteiger partial charge is 0.478 e. The molecule has 2 fully saturated rings. The predicted octanol–water partition coefficient (Wildman–Crippen LogP) is 1.38. The summed E-state index contributed by atoms with van der Waals surface area (Å²) in [6.07, 6.45) is 1.51. The molecule has 0 bridgehead atoms. The van der Waals surface area contributed by atoms with Crippen LogP contribution in [0.5, 0.6) is 0 Å². The van der Waals surface area contributed by atoms with Crippen LogP contribution in [-0.4, -0.2) is 60.7 Å². The van der Waals surface area contributed by atoms with Crippen molar-refractivity contribution in [3.05, 3.63) is 0 Å². The Morgan fingerprint density at radius 3 is 2.28 bits per heavy atom. The molecule has 0 unspecified atom stereocenters. The van der Waals surface area contributed by atoms with E-state index in [1.807, 2.05) is 39.6 Å². The minimum atomic E-state index is -0.331. The van der Waals surface area contributed by atoms with Gasteiger partial charge in [-0.3, -0.25) is 0 Å². The molecule has 2 heterocycles. The van der Waals surface area contributed by atoms with Crippen molar-refractivity contribution in [1.29, 1.82) is 0 Å². The lowest BCUT2D eigenvalue weighted by Crippen LogP contribution is -2.51. The molecule has 0 atom stereocenters. The van der Waals surface area contributed by atoms with Gasteiger partial charge in [-0.1, -0.05) is 0 Å². The van der Waals surface area contributed by atoms with Crippen LogP contribution in [0.4, 0.5) is 4.79 Å². The van der Waals surface area contributed by atoms with Crippen LogP contribution >= 0.6 is 0 Å². The second-order valence-electron chi connectivity index (χ2n) is 6.19. The normalized spacial score (nSPS) is 26.9. The second kappa shape index (κ2) is 4.42. The number of nitrogens with zero attached hydrogens (tertiary/aromatic N) is 2. The van der Waals surface area contributed by atoms with Crippen LogP contribution in [0.2, 0.25) is 0 Å². The molecule has 2 rings (SSSR count). The molecular weight excluding hydrogens is 231 g/mol. The third kappa shape index (κ3) is 2.36. The summed E-state index contributed by atoms with van der Waals surface area (Å²) < 4.78 is 11.8. The summed E-state index contributed by atoms with van der Waals surface area (Å²) in [5, 5.41) is 0. The Morgan fingerprint density at radius 2 is 1.72 bits per heavy atom. The maximum absolute atomic E-state index is 12.0. The minimum Gasteiger partial charge on any atom is -0.402 e. The summed E-state index contributed by atoms with van der Waals surface area (Å²) in [5.74, 6) is 0. The van der Waals surface area contributed by atoms with Crippen LogP contribution in [0.3, 0.4) is 0 Å². The summed E-state index contributed by atoms with van der Waals surface area (Å²) in [4.78, 5) is 15.5. The van der Waals surface area contributed by atoms with E-state index < -0.39 is 0 Å². The molecule has 0 aromatic rings. The van der Waals surface area contributed by atoms with E-state index in [4.69, 9.17) is 9.31 Å². The zero-order valence-corrected chi connectivity index (χ0v) is 12.0. The van der Waals surface area contributed by atoms with E-state index in [2.05, 4.69) is 0 Å². The van der Waals surface area contributed by atoms with Gasteiger partial charge in [0, 0.05) is 20.1 Å². The van der Waals surface area contributed by atoms with Gasteiger partial charge in [-0.15, -0.1) is 0 Å². The Kier molecular flexibility index (Phi) is 3.36. The Balaban J connectivity index is 1.97. The molecule has 2 aliphatic heterocycles. The molecule has 2 aliphatic rings. The fraction of sp³-hybridized carbons (Fsp3) is 0.917. The Labute approximate surface area is 110 Å². The van der Waals surface area contributed by atoms with Gasteiger partial charge >= 0.3 is 13.1 Å². The van der Waals surface area contributed by atoms with E-state index in [-0.39, 0.29) is 24.4 Å². The van der Waals surface area contributed by atoms with E-state index >= 15 is 0 Å². The molecule has 2 saturated heterocycles. The van der Waals surface area contributed by atoms with Gasteiger partial charge in [0.15, 0.2) is 0 Å². The van der Waals surface area contributed by atoms with E-state index in [1.54, 1.807) is 4.90 Å². The highest BCUT2D eigenvalue weighted by molar-refractivity contribution is 6.46. The molecule has 0 spiro atoms. The summed E-state index contributed by atoms with van der Waals surface area (Å²) in [6, 6.07) is 0.0657. The number of rotatable bonds is 2. The highest BCUT2D eigenvalue weighted by atomic mass is 16.7. The molecule has 0 saturated carbocycles. The first-order chi connectivity index (χ1) is 8.23. The number of carbonyl (C=O) groups excluding carboxylic acids is 1. The van der Waals surface area contributed by atoms with Crippen LogP contribution in [0.25, 0.3) is 0 Å². The number of urea groups is 1. The second-order valence-corrected chi connectivity index (χ2v) is 6.19. The van der Waals surface area contributed by atoms with Crippen molar-refractivity contribution in [3.63, 3.8) is 0 Å². The highest BCUT2D eigenvalue weighted by Gasteiger charge is 2.51. The van der Waals surface area contributed by atoms with Crippen molar-refractivity contribution < 1.29 is 14.1 Å². The summed E-state index contributed by atoms with van der Waals surface area (Å²) in [5.41, 5.74) is -0.662. The standard InChI is InChI=1S/C12H23BN2O3/c1-11(2)12(3,4)18-13(17-11)9-15-8-6-7-14(5)10(15)16/h6-9H2,1-5H3. The maximum Gasteiger partial charge on any atom is 0.478 e. The Bertz CT molecular complexity index is 330. The third-order valence-electron chi connectivity index (χ3n) is 4.19. The molecule has 6 heteroatoms. The number of carbonyl (C=O) groups is 1. The van der Waals surface area contributed by atoms with Gasteiger partial charge in [0.2, 0.25) is 0 Å². The molecule has 2 amide bonds. The fourth-order valence-electron chi connectivity index (χ4n) is 2.32. The topological polar surface area (TPSA) is 42.0 Å². The molecule has 102 valence electrons. The lowest BCUT2D eigenvalue weighted by molar-refractivity contribution is 0.00578. The minimum absolute atomic E-state index is 0.0657. The molecule has 18 heavy (non-hydrogen) atoms. The molecule has 5 nitrogen and oxygen atoms in total. The van der Waals surface area contributed by atoms with Crippen molar-refractivity contribution in [3.8, 4) is 0 Å². The zero-order chi connectivity index (χ0) is 13.6. The predicted molar refractivity (Wildman–Crippen MR) is 70.3 cm³/mol. The fourth-order valence-corrected chi connectivity index (χ4v) is 2.32. The zero-order valence-electron chi connectivity index (χ0n) is 12.0. The first-order valence-electron chi connectivity index (χ1n) is 6.59. The lowest BCUT2D eigenvalue weighted by atomic mass is 9.89.